The Kier molecular flexibility index (Phi) is 7.34. The standard InChI is InChI=1S/C12H14Cl2N4O2/c1-11(7-15,5-3-9(13)19)17-18-12(2,8-16)6-4-10(14)20/h3-6H2,1-2H3/b18-17-. The van der Waals surface area contributed by atoms with Crippen LogP contribution >= 0.6 is 23.2 Å². The number of nitrogens with zero attached hydrogens (tertiary/aromatic N) is 4. The fraction of sp³-hybridized carbons (Fsp3) is 0.667. The normalized spacial score (nSPS) is 16.7. The topological polar surface area (TPSA) is 106 Å². The molecule has 0 bridgehead atoms. The Balaban J connectivity index is 4.92. The van der Waals surface area contributed by atoms with Crippen LogP contribution in [0, 0.1) is 22.7 Å². The highest BCUT2D eigenvalue weighted by atomic mass is 35.5. The average molecular weight is 317 g/mol. The van der Waals surface area contributed by atoms with Gasteiger partial charge in [0.05, 0.1) is 12.1 Å². The maximum Gasteiger partial charge on any atom is 0.221 e. The van der Waals surface area contributed by atoms with E-state index in [9.17, 15) is 9.59 Å². The van der Waals surface area contributed by atoms with Gasteiger partial charge in [-0.3, -0.25) is 9.59 Å². The molecule has 0 rings (SSSR count). The molecule has 0 radical (unpaired) electrons. The first-order chi connectivity index (χ1) is 9.16. The van der Waals surface area contributed by atoms with Gasteiger partial charge in [0.1, 0.15) is 0 Å². The summed E-state index contributed by atoms with van der Waals surface area (Å²) in [6, 6.07) is 3.84. The fourth-order valence-electron chi connectivity index (χ4n) is 1.16. The third-order valence-corrected chi connectivity index (χ3v) is 2.97. The summed E-state index contributed by atoms with van der Waals surface area (Å²) in [7, 11) is 0. The first-order valence-electron chi connectivity index (χ1n) is 5.79. The lowest BCUT2D eigenvalue weighted by atomic mass is 9.98. The SMILES string of the molecule is CC(C#N)(CCC(=O)Cl)/N=N\C(C)(C#N)CCC(=O)Cl. The summed E-state index contributed by atoms with van der Waals surface area (Å²) in [6.45, 7) is 2.97. The Morgan fingerprint density at radius 3 is 1.45 bits per heavy atom. The minimum atomic E-state index is -1.24. The molecule has 0 aliphatic heterocycles. The highest BCUT2D eigenvalue weighted by Gasteiger charge is 2.29. The molecule has 0 fully saturated rings. The van der Waals surface area contributed by atoms with Crippen LogP contribution < -0.4 is 0 Å². The summed E-state index contributed by atoms with van der Waals surface area (Å²) < 4.78 is 0. The van der Waals surface area contributed by atoms with Crippen LogP contribution in [0.2, 0.25) is 0 Å². The van der Waals surface area contributed by atoms with E-state index in [2.05, 4.69) is 10.2 Å². The van der Waals surface area contributed by atoms with Crippen LogP contribution in [0.1, 0.15) is 39.5 Å². The van der Waals surface area contributed by atoms with Gasteiger partial charge in [-0.1, -0.05) is 0 Å². The van der Waals surface area contributed by atoms with Gasteiger partial charge in [0.2, 0.25) is 10.5 Å². The zero-order valence-corrected chi connectivity index (χ0v) is 12.7. The Bertz CT molecular complexity index is 451. The summed E-state index contributed by atoms with van der Waals surface area (Å²) in [6.07, 6.45) is 0.165. The summed E-state index contributed by atoms with van der Waals surface area (Å²) in [5.41, 5.74) is -2.48. The third kappa shape index (κ3) is 7.18. The smallest absolute Gasteiger partial charge is 0.221 e. The summed E-state index contributed by atoms with van der Waals surface area (Å²) in [5.74, 6) is 0. The van der Waals surface area contributed by atoms with E-state index in [0.717, 1.165) is 0 Å². The highest BCUT2D eigenvalue weighted by Crippen LogP contribution is 2.24. The van der Waals surface area contributed by atoms with E-state index in [4.69, 9.17) is 33.7 Å². The van der Waals surface area contributed by atoms with Crippen molar-refractivity contribution in [1.82, 2.24) is 0 Å². The quantitative estimate of drug-likeness (QED) is 0.506. The molecule has 0 saturated carbocycles. The number of rotatable bonds is 8. The fourth-order valence-corrected chi connectivity index (χ4v) is 1.35. The van der Waals surface area contributed by atoms with Crippen molar-refractivity contribution in [3.05, 3.63) is 0 Å². The van der Waals surface area contributed by atoms with Gasteiger partial charge in [0, 0.05) is 12.8 Å². The molecule has 0 aliphatic rings. The number of halogens is 2. The zero-order valence-electron chi connectivity index (χ0n) is 11.2. The van der Waals surface area contributed by atoms with Crippen molar-refractivity contribution in [3.63, 3.8) is 0 Å². The van der Waals surface area contributed by atoms with Gasteiger partial charge in [-0.25, -0.2) is 0 Å². The van der Waals surface area contributed by atoms with E-state index in [-0.39, 0.29) is 25.7 Å². The molecule has 0 spiro atoms. The van der Waals surface area contributed by atoms with Crippen molar-refractivity contribution in [1.29, 1.82) is 10.5 Å². The van der Waals surface area contributed by atoms with Crippen molar-refractivity contribution < 1.29 is 9.59 Å². The van der Waals surface area contributed by atoms with E-state index in [0.29, 0.717) is 0 Å². The van der Waals surface area contributed by atoms with Crippen molar-refractivity contribution in [2.24, 2.45) is 10.2 Å². The van der Waals surface area contributed by atoms with Crippen LogP contribution in [0.15, 0.2) is 10.2 Å². The number of carbonyl (C=O) groups excluding carboxylic acids is 2. The molecular weight excluding hydrogens is 303 g/mol. The average Bonchev–Trinajstić information content (AvgIpc) is 2.41. The van der Waals surface area contributed by atoms with Crippen LogP contribution in [0.4, 0.5) is 0 Å². The molecule has 0 saturated heterocycles. The predicted octanol–water partition coefficient (Wildman–Crippen LogP) is 3.09. The van der Waals surface area contributed by atoms with Crippen molar-refractivity contribution in [2.75, 3.05) is 0 Å². The van der Waals surface area contributed by atoms with Crippen LogP contribution in [-0.2, 0) is 9.59 Å². The van der Waals surface area contributed by atoms with Crippen molar-refractivity contribution >= 4 is 33.7 Å². The molecule has 2 unspecified atom stereocenters. The van der Waals surface area contributed by atoms with Gasteiger partial charge < -0.3 is 0 Å². The maximum absolute atomic E-state index is 10.7. The Morgan fingerprint density at radius 1 is 0.950 bits per heavy atom. The third-order valence-electron chi connectivity index (χ3n) is 2.59. The Labute approximate surface area is 127 Å². The minimum Gasteiger partial charge on any atom is -0.281 e. The number of carbonyl (C=O) groups is 2. The first kappa shape index (κ1) is 18.5. The van der Waals surface area contributed by atoms with E-state index in [1.54, 1.807) is 0 Å². The van der Waals surface area contributed by atoms with Gasteiger partial charge in [0.25, 0.3) is 0 Å². The Morgan fingerprint density at radius 2 is 1.25 bits per heavy atom. The van der Waals surface area contributed by atoms with Gasteiger partial charge >= 0.3 is 0 Å². The molecule has 0 N–H and O–H groups in total. The molecule has 0 aromatic heterocycles. The van der Waals surface area contributed by atoms with Gasteiger partial charge in [-0.2, -0.15) is 20.8 Å². The minimum absolute atomic E-state index is 0.0198. The van der Waals surface area contributed by atoms with Gasteiger partial charge in [-0.05, 0) is 49.9 Å². The van der Waals surface area contributed by atoms with E-state index < -0.39 is 21.6 Å². The summed E-state index contributed by atoms with van der Waals surface area (Å²) in [5, 5.41) is 24.7. The summed E-state index contributed by atoms with van der Waals surface area (Å²) in [4.78, 5) is 21.4. The lowest BCUT2D eigenvalue weighted by Gasteiger charge is -2.18. The lowest BCUT2D eigenvalue weighted by molar-refractivity contribution is -0.112. The second-order valence-electron chi connectivity index (χ2n) is 4.68. The van der Waals surface area contributed by atoms with Crippen LogP contribution in [0.5, 0.6) is 0 Å². The lowest BCUT2D eigenvalue weighted by Crippen LogP contribution is -2.24. The predicted molar refractivity (Wildman–Crippen MR) is 73.1 cm³/mol. The molecule has 6 nitrogen and oxygen atoms in total. The molecule has 0 aromatic rings. The number of azo groups is 1. The molecule has 2 atom stereocenters. The van der Waals surface area contributed by atoms with Crippen LogP contribution in [0.25, 0.3) is 0 Å². The van der Waals surface area contributed by atoms with E-state index >= 15 is 0 Å². The zero-order chi connectivity index (χ0) is 15.8. The molecule has 0 aromatic carbocycles. The molecular formula is C12H14Cl2N4O2. The number of hydrogen-bond acceptors (Lipinski definition) is 6. The maximum atomic E-state index is 10.7. The second-order valence-corrected chi connectivity index (χ2v) is 5.52. The number of hydrogen-bond donors (Lipinski definition) is 0. The molecule has 8 heteroatoms. The monoisotopic (exact) mass is 316 g/mol. The van der Waals surface area contributed by atoms with Gasteiger partial charge in [-0.15, -0.1) is 0 Å². The second kappa shape index (κ2) is 7.94. The molecule has 108 valence electrons. The molecule has 0 aliphatic carbocycles. The largest absolute Gasteiger partial charge is 0.281 e. The van der Waals surface area contributed by atoms with Gasteiger partial charge in [0.15, 0.2) is 11.1 Å². The molecule has 0 heterocycles. The Hall–Kier alpha value is -1.50. The van der Waals surface area contributed by atoms with E-state index in [1.165, 1.54) is 13.8 Å². The number of nitriles is 2. The summed E-state index contributed by atoms with van der Waals surface area (Å²) >= 11 is 10.4. The van der Waals surface area contributed by atoms with Crippen molar-refractivity contribution in [2.45, 2.75) is 50.6 Å². The van der Waals surface area contributed by atoms with E-state index in [1.807, 2.05) is 12.1 Å². The molecule has 20 heavy (non-hydrogen) atoms. The highest BCUT2D eigenvalue weighted by molar-refractivity contribution is 6.63. The van der Waals surface area contributed by atoms with Crippen molar-refractivity contribution in [3.8, 4) is 12.1 Å². The first-order valence-corrected chi connectivity index (χ1v) is 6.55. The molecule has 0 amide bonds. The van der Waals surface area contributed by atoms with Crippen LogP contribution in [-0.4, -0.2) is 21.6 Å². The van der Waals surface area contributed by atoms with Crippen LogP contribution in [0.3, 0.4) is 0 Å².